The van der Waals surface area contributed by atoms with E-state index in [0.717, 1.165) is 37.7 Å². The summed E-state index contributed by atoms with van der Waals surface area (Å²) < 4.78 is 1.99. The van der Waals surface area contributed by atoms with Crippen molar-refractivity contribution in [1.29, 1.82) is 0 Å². The van der Waals surface area contributed by atoms with Crippen molar-refractivity contribution in [3.8, 4) is 0 Å². The number of nitrogens with zero attached hydrogens (tertiary/aromatic N) is 3. The molecule has 4 aromatic rings. The van der Waals surface area contributed by atoms with E-state index in [1.54, 1.807) is 11.3 Å². The normalized spacial score (nSPS) is 10.9. The Morgan fingerprint density at radius 3 is 2.83 bits per heavy atom. The SMILES string of the molecule is Cc1cc(Nc2nc(Nc3cccc(Br)c3)nc3ccsc23)n[nH]1. The number of hydrogen-bond donors (Lipinski definition) is 3. The molecule has 0 spiro atoms. The zero-order valence-electron chi connectivity index (χ0n) is 12.7. The highest BCUT2D eigenvalue weighted by Crippen LogP contribution is 2.30. The minimum atomic E-state index is 0.536. The average molecular weight is 401 g/mol. The summed E-state index contributed by atoms with van der Waals surface area (Å²) in [4.78, 5) is 9.18. The van der Waals surface area contributed by atoms with Gasteiger partial charge in [-0.15, -0.1) is 11.3 Å². The largest absolute Gasteiger partial charge is 0.324 e. The summed E-state index contributed by atoms with van der Waals surface area (Å²) in [6.07, 6.45) is 0. The average Bonchev–Trinajstić information content (AvgIpc) is 3.16. The quantitative estimate of drug-likeness (QED) is 0.450. The van der Waals surface area contributed by atoms with Gasteiger partial charge < -0.3 is 10.6 Å². The molecule has 0 atom stereocenters. The van der Waals surface area contributed by atoms with Gasteiger partial charge in [-0.1, -0.05) is 22.0 Å². The fourth-order valence-corrected chi connectivity index (χ4v) is 3.48. The van der Waals surface area contributed by atoms with Crippen molar-refractivity contribution < 1.29 is 0 Å². The first kappa shape index (κ1) is 15.1. The van der Waals surface area contributed by atoms with Crippen LogP contribution < -0.4 is 10.6 Å². The molecule has 0 amide bonds. The Morgan fingerprint density at radius 2 is 2.04 bits per heavy atom. The monoisotopic (exact) mass is 400 g/mol. The van der Waals surface area contributed by atoms with E-state index >= 15 is 0 Å². The summed E-state index contributed by atoms with van der Waals surface area (Å²) in [7, 11) is 0. The first-order chi connectivity index (χ1) is 11.7. The zero-order chi connectivity index (χ0) is 16.5. The van der Waals surface area contributed by atoms with Gasteiger partial charge in [-0.2, -0.15) is 10.1 Å². The van der Waals surface area contributed by atoms with Gasteiger partial charge in [0.2, 0.25) is 5.95 Å². The summed E-state index contributed by atoms with van der Waals surface area (Å²) >= 11 is 5.06. The van der Waals surface area contributed by atoms with Gasteiger partial charge in [0.25, 0.3) is 0 Å². The first-order valence-electron chi connectivity index (χ1n) is 7.24. The van der Waals surface area contributed by atoms with Crippen molar-refractivity contribution in [2.75, 3.05) is 10.6 Å². The molecule has 8 heteroatoms. The van der Waals surface area contributed by atoms with E-state index in [1.165, 1.54) is 0 Å². The molecule has 0 aliphatic rings. The van der Waals surface area contributed by atoms with Gasteiger partial charge in [0, 0.05) is 21.9 Å². The number of thiophene rings is 1. The van der Waals surface area contributed by atoms with Crippen molar-refractivity contribution >= 4 is 60.8 Å². The third-order valence-electron chi connectivity index (χ3n) is 3.34. The highest BCUT2D eigenvalue weighted by Gasteiger charge is 2.11. The molecule has 0 radical (unpaired) electrons. The van der Waals surface area contributed by atoms with Gasteiger partial charge in [0.1, 0.15) is 0 Å². The van der Waals surface area contributed by atoms with Crippen molar-refractivity contribution in [1.82, 2.24) is 20.2 Å². The third kappa shape index (κ3) is 3.10. The molecule has 3 N–H and O–H groups in total. The van der Waals surface area contributed by atoms with E-state index in [-0.39, 0.29) is 0 Å². The van der Waals surface area contributed by atoms with Gasteiger partial charge in [-0.3, -0.25) is 5.10 Å². The molecule has 0 fully saturated rings. The molecule has 120 valence electrons. The van der Waals surface area contributed by atoms with Gasteiger partial charge in [-0.25, -0.2) is 4.98 Å². The van der Waals surface area contributed by atoms with Gasteiger partial charge in [-0.05, 0) is 36.6 Å². The lowest BCUT2D eigenvalue weighted by atomic mass is 10.3. The highest BCUT2D eigenvalue weighted by atomic mass is 79.9. The molecule has 3 aromatic heterocycles. The number of fused-ring (bicyclic) bond motifs is 1. The first-order valence-corrected chi connectivity index (χ1v) is 8.91. The fourth-order valence-electron chi connectivity index (χ4n) is 2.30. The second-order valence-corrected chi connectivity index (χ2v) is 7.06. The Balaban J connectivity index is 1.71. The molecule has 24 heavy (non-hydrogen) atoms. The van der Waals surface area contributed by atoms with E-state index in [2.05, 4.69) is 46.7 Å². The lowest BCUT2D eigenvalue weighted by molar-refractivity contribution is 1.05. The van der Waals surface area contributed by atoms with Crippen LogP contribution in [0.5, 0.6) is 0 Å². The number of nitrogens with one attached hydrogen (secondary N) is 3. The highest BCUT2D eigenvalue weighted by molar-refractivity contribution is 9.10. The number of aromatic amines is 1. The van der Waals surface area contributed by atoms with E-state index in [1.807, 2.05) is 48.7 Å². The van der Waals surface area contributed by atoms with Crippen molar-refractivity contribution in [3.05, 3.63) is 51.9 Å². The number of aromatic nitrogens is 4. The van der Waals surface area contributed by atoms with Crippen LogP contribution in [0.3, 0.4) is 0 Å². The smallest absolute Gasteiger partial charge is 0.229 e. The summed E-state index contributed by atoms with van der Waals surface area (Å²) in [5, 5.41) is 15.6. The van der Waals surface area contributed by atoms with Crippen molar-refractivity contribution in [2.45, 2.75) is 6.92 Å². The molecule has 0 saturated heterocycles. The Morgan fingerprint density at radius 1 is 1.12 bits per heavy atom. The van der Waals surface area contributed by atoms with E-state index < -0.39 is 0 Å². The third-order valence-corrected chi connectivity index (χ3v) is 4.74. The molecule has 0 bridgehead atoms. The summed E-state index contributed by atoms with van der Waals surface area (Å²) in [6, 6.07) is 11.8. The Hall–Kier alpha value is -2.45. The second-order valence-electron chi connectivity index (χ2n) is 5.23. The molecule has 6 nitrogen and oxygen atoms in total. The lowest BCUT2D eigenvalue weighted by Gasteiger charge is -2.09. The van der Waals surface area contributed by atoms with Gasteiger partial charge >= 0.3 is 0 Å². The maximum absolute atomic E-state index is 4.61. The van der Waals surface area contributed by atoms with E-state index in [0.29, 0.717) is 5.95 Å². The van der Waals surface area contributed by atoms with Crippen molar-refractivity contribution in [3.63, 3.8) is 0 Å². The van der Waals surface area contributed by atoms with Crippen LogP contribution >= 0.6 is 27.3 Å². The molecule has 0 saturated carbocycles. The summed E-state index contributed by atoms with van der Waals surface area (Å²) in [5.74, 6) is 2.00. The van der Waals surface area contributed by atoms with Crippen LogP contribution in [0.1, 0.15) is 5.69 Å². The number of anilines is 4. The molecule has 0 unspecified atom stereocenters. The predicted molar refractivity (Wildman–Crippen MR) is 101 cm³/mol. The van der Waals surface area contributed by atoms with Crippen LogP contribution in [0, 0.1) is 6.92 Å². The molecule has 0 aliphatic carbocycles. The van der Waals surface area contributed by atoms with Crippen LogP contribution in [0.2, 0.25) is 0 Å². The number of hydrogen-bond acceptors (Lipinski definition) is 6. The maximum atomic E-state index is 4.61. The van der Waals surface area contributed by atoms with Gasteiger partial charge in [0.05, 0.1) is 10.2 Å². The van der Waals surface area contributed by atoms with Crippen LogP contribution in [0.25, 0.3) is 10.2 Å². The second kappa shape index (κ2) is 6.21. The number of benzene rings is 1. The topological polar surface area (TPSA) is 78.5 Å². The predicted octanol–water partition coefficient (Wildman–Crippen LogP) is 4.97. The minimum Gasteiger partial charge on any atom is -0.324 e. The van der Waals surface area contributed by atoms with Crippen LogP contribution in [-0.4, -0.2) is 20.2 Å². The standard InChI is InChI=1S/C16H13BrN6S/c1-9-7-13(23-22-9)20-15-14-12(5-6-24-14)19-16(21-15)18-11-4-2-3-10(17)8-11/h2-8H,1H3,(H3,18,19,20,21,22,23). The molecule has 1 aromatic carbocycles. The lowest BCUT2D eigenvalue weighted by Crippen LogP contribution is -2.01. The molecule has 3 heterocycles. The van der Waals surface area contributed by atoms with E-state index in [4.69, 9.17) is 0 Å². The molecule has 0 aliphatic heterocycles. The number of rotatable bonds is 4. The Labute approximate surface area is 150 Å². The van der Waals surface area contributed by atoms with Crippen LogP contribution in [-0.2, 0) is 0 Å². The van der Waals surface area contributed by atoms with Gasteiger partial charge in [0.15, 0.2) is 11.6 Å². The number of H-pyrrole nitrogens is 1. The Bertz CT molecular complexity index is 1010. The number of halogens is 1. The maximum Gasteiger partial charge on any atom is 0.229 e. The Kier molecular flexibility index (Phi) is 3.91. The number of aryl methyl sites for hydroxylation is 1. The molecular weight excluding hydrogens is 388 g/mol. The molecular formula is C16H13BrN6S. The molecule has 4 rings (SSSR count). The van der Waals surface area contributed by atoms with Crippen LogP contribution in [0.15, 0.2) is 46.3 Å². The summed E-state index contributed by atoms with van der Waals surface area (Å²) in [6.45, 7) is 1.96. The fraction of sp³-hybridized carbons (Fsp3) is 0.0625. The minimum absolute atomic E-state index is 0.536. The summed E-state index contributed by atoms with van der Waals surface area (Å²) in [5.41, 5.74) is 2.80. The van der Waals surface area contributed by atoms with Crippen molar-refractivity contribution in [2.24, 2.45) is 0 Å². The zero-order valence-corrected chi connectivity index (χ0v) is 15.1. The van der Waals surface area contributed by atoms with Crippen LogP contribution in [0.4, 0.5) is 23.3 Å². The van der Waals surface area contributed by atoms with E-state index in [9.17, 15) is 0 Å².